The van der Waals surface area contributed by atoms with Crippen molar-refractivity contribution in [1.82, 2.24) is 20.2 Å². The standard InChI is InChI=1S/C29H34ClN7O2/c30-24-16-31-28-33-22-7-3-4-18(14-22)8-9-19-15-23(32-26(24)36-28)10-11-25(19)35-27(38)20-12-13-37(17-20)29(39)34-21-5-1-2-6-21/h3-4,7,10-11,15-16,18,20-21H,1-2,5-6,8-9,12-14,17H2,(H,34,39)(H,35,38)(H2,31,32,33,36)/t18?,20-/m1/s1. The number of nitrogens with zero attached hydrogens (tertiary/aromatic N) is 3. The van der Waals surface area contributed by atoms with Crippen molar-refractivity contribution in [3.63, 3.8) is 0 Å². The van der Waals surface area contributed by atoms with Crippen molar-refractivity contribution < 1.29 is 9.59 Å². The van der Waals surface area contributed by atoms with Crippen LogP contribution in [0, 0.1) is 11.8 Å². The fourth-order valence-electron chi connectivity index (χ4n) is 5.90. The largest absolute Gasteiger partial charge is 0.339 e. The third-order valence-electron chi connectivity index (χ3n) is 8.12. The molecule has 1 unspecified atom stereocenters. The van der Waals surface area contributed by atoms with Crippen LogP contribution in [0.25, 0.3) is 0 Å². The average molecular weight is 548 g/mol. The van der Waals surface area contributed by atoms with Crippen LogP contribution in [-0.2, 0) is 11.2 Å². The summed E-state index contributed by atoms with van der Waals surface area (Å²) in [6, 6.07) is 6.14. The molecule has 2 aliphatic carbocycles. The Labute approximate surface area is 233 Å². The second kappa shape index (κ2) is 11.3. The van der Waals surface area contributed by atoms with Crippen molar-refractivity contribution in [3.05, 3.63) is 58.9 Å². The molecule has 1 aromatic heterocycles. The molecule has 2 fully saturated rings. The summed E-state index contributed by atoms with van der Waals surface area (Å²) in [6.45, 7) is 1.05. The molecular weight excluding hydrogens is 514 g/mol. The van der Waals surface area contributed by atoms with Crippen molar-refractivity contribution in [3.8, 4) is 0 Å². The van der Waals surface area contributed by atoms with Gasteiger partial charge in [0.25, 0.3) is 0 Å². The first kappa shape index (κ1) is 25.7. The maximum absolute atomic E-state index is 13.3. The van der Waals surface area contributed by atoms with E-state index in [9.17, 15) is 9.59 Å². The van der Waals surface area contributed by atoms with Gasteiger partial charge >= 0.3 is 6.03 Å². The van der Waals surface area contributed by atoms with Gasteiger partial charge < -0.3 is 26.2 Å². The second-order valence-corrected chi connectivity index (χ2v) is 11.4. The van der Waals surface area contributed by atoms with E-state index in [1.54, 1.807) is 11.1 Å². The zero-order chi connectivity index (χ0) is 26.8. The number of hydrogen-bond acceptors (Lipinski definition) is 6. The highest BCUT2D eigenvalue weighted by Crippen LogP contribution is 2.32. The van der Waals surface area contributed by atoms with Crippen LogP contribution < -0.4 is 21.3 Å². The third-order valence-corrected chi connectivity index (χ3v) is 8.40. The highest BCUT2D eigenvalue weighted by atomic mass is 35.5. The molecule has 6 bridgehead atoms. The molecule has 1 aromatic carbocycles. The van der Waals surface area contributed by atoms with Crippen LogP contribution in [0.5, 0.6) is 0 Å². The minimum Gasteiger partial charge on any atom is -0.339 e. The van der Waals surface area contributed by atoms with E-state index in [4.69, 9.17) is 11.6 Å². The molecule has 2 aliphatic heterocycles. The number of fused-ring (bicyclic) bond motifs is 6. The molecule has 6 rings (SSSR count). The van der Waals surface area contributed by atoms with Gasteiger partial charge in [-0.25, -0.2) is 9.78 Å². The topological polar surface area (TPSA) is 111 Å². The van der Waals surface area contributed by atoms with Gasteiger partial charge in [-0.1, -0.05) is 36.6 Å². The van der Waals surface area contributed by atoms with Crippen LogP contribution in [0.15, 0.2) is 48.3 Å². The summed E-state index contributed by atoms with van der Waals surface area (Å²) in [7, 11) is 0. The Balaban J connectivity index is 1.18. The average Bonchev–Trinajstić information content (AvgIpc) is 3.63. The Hall–Kier alpha value is -3.59. The molecule has 3 heterocycles. The quantitative estimate of drug-likeness (QED) is 0.398. The number of carbonyl (C=O) groups excluding carboxylic acids is 2. The maximum Gasteiger partial charge on any atom is 0.317 e. The molecule has 9 nitrogen and oxygen atoms in total. The summed E-state index contributed by atoms with van der Waals surface area (Å²) in [6.07, 6.45) is 15.6. The number of benzene rings is 1. The first-order valence-corrected chi connectivity index (χ1v) is 14.3. The fourth-order valence-corrected chi connectivity index (χ4v) is 6.04. The number of hydrogen-bond donors (Lipinski definition) is 4. The minimum atomic E-state index is -0.225. The lowest BCUT2D eigenvalue weighted by atomic mass is 9.91. The van der Waals surface area contributed by atoms with Crippen molar-refractivity contribution in [1.29, 1.82) is 0 Å². The van der Waals surface area contributed by atoms with Gasteiger partial charge in [-0.3, -0.25) is 4.79 Å². The number of aryl methyl sites for hydroxylation is 1. The van der Waals surface area contributed by atoms with Gasteiger partial charge in [0.1, 0.15) is 5.02 Å². The SMILES string of the molecule is O=C(Nc1ccc2cc1CCC1C=CC=C(C1)Nc1ncc(Cl)c(n1)N2)[C@@H]1CCN(C(=O)NC2CCCC2)C1. The minimum absolute atomic E-state index is 0.0403. The number of urea groups is 1. The lowest BCUT2D eigenvalue weighted by Crippen LogP contribution is -2.43. The fraction of sp³-hybridized carbons (Fsp3) is 0.448. The Morgan fingerprint density at radius 1 is 1.10 bits per heavy atom. The number of rotatable bonds is 3. The molecule has 2 aromatic rings. The molecule has 1 saturated heterocycles. The van der Waals surface area contributed by atoms with Crippen molar-refractivity contribution in [2.24, 2.45) is 11.8 Å². The second-order valence-electron chi connectivity index (χ2n) is 10.9. The molecule has 3 amide bonds. The van der Waals surface area contributed by atoms with Crippen molar-refractivity contribution in [2.75, 3.05) is 29.0 Å². The number of aromatic nitrogens is 2. The summed E-state index contributed by atoms with van der Waals surface area (Å²) < 4.78 is 0. The molecule has 204 valence electrons. The lowest BCUT2D eigenvalue weighted by Gasteiger charge is -2.21. The number of likely N-dealkylation sites (tertiary alicyclic amines) is 1. The first-order chi connectivity index (χ1) is 19.0. The number of allylic oxidation sites excluding steroid dienone is 4. The normalized spacial score (nSPS) is 22.5. The Kier molecular flexibility index (Phi) is 7.41. The Morgan fingerprint density at radius 3 is 2.85 bits per heavy atom. The molecule has 0 spiro atoms. The Bertz CT molecular complexity index is 1320. The molecule has 4 N–H and O–H groups in total. The lowest BCUT2D eigenvalue weighted by molar-refractivity contribution is -0.119. The van der Waals surface area contributed by atoms with E-state index in [-0.39, 0.29) is 23.9 Å². The molecule has 4 aliphatic rings. The predicted octanol–water partition coefficient (Wildman–Crippen LogP) is 5.60. The zero-order valence-corrected chi connectivity index (χ0v) is 22.6. The molecule has 10 heteroatoms. The van der Waals surface area contributed by atoms with Crippen LogP contribution in [0.4, 0.5) is 27.9 Å². The van der Waals surface area contributed by atoms with E-state index < -0.39 is 0 Å². The summed E-state index contributed by atoms with van der Waals surface area (Å²) in [5, 5.41) is 13.4. The van der Waals surface area contributed by atoms with E-state index in [1.165, 1.54) is 12.8 Å². The molecule has 2 atom stereocenters. The monoisotopic (exact) mass is 547 g/mol. The van der Waals surface area contributed by atoms with Crippen LogP contribution >= 0.6 is 11.6 Å². The van der Waals surface area contributed by atoms with Crippen molar-refractivity contribution >= 4 is 46.7 Å². The highest BCUT2D eigenvalue weighted by Gasteiger charge is 2.32. The number of anilines is 4. The summed E-state index contributed by atoms with van der Waals surface area (Å²) in [5.41, 5.74) is 3.74. The molecule has 0 radical (unpaired) electrons. The highest BCUT2D eigenvalue weighted by molar-refractivity contribution is 6.32. The number of amides is 3. The Morgan fingerprint density at radius 2 is 1.97 bits per heavy atom. The molecule has 1 saturated carbocycles. The van der Waals surface area contributed by atoms with Gasteiger partial charge in [-0.05, 0) is 74.3 Å². The van der Waals surface area contributed by atoms with Crippen LogP contribution in [0.1, 0.15) is 50.5 Å². The van der Waals surface area contributed by atoms with Gasteiger partial charge in [0.05, 0.1) is 12.1 Å². The van der Waals surface area contributed by atoms with Gasteiger partial charge in [-0.2, -0.15) is 4.98 Å². The van der Waals surface area contributed by atoms with Gasteiger partial charge in [0.2, 0.25) is 11.9 Å². The van der Waals surface area contributed by atoms with Crippen molar-refractivity contribution in [2.45, 2.75) is 57.4 Å². The van der Waals surface area contributed by atoms with E-state index in [0.29, 0.717) is 42.2 Å². The van der Waals surface area contributed by atoms with E-state index >= 15 is 0 Å². The number of nitrogens with one attached hydrogen (secondary N) is 4. The first-order valence-electron chi connectivity index (χ1n) is 13.9. The maximum atomic E-state index is 13.3. The van der Waals surface area contributed by atoms with Crippen LogP contribution in [0.2, 0.25) is 5.02 Å². The van der Waals surface area contributed by atoms with Gasteiger partial charge in [0.15, 0.2) is 5.82 Å². The third kappa shape index (κ3) is 6.03. The molecule has 39 heavy (non-hydrogen) atoms. The van der Waals surface area contributed by atoms with Gasteiger partial charge in [0, 0.05) is 36.2 Å². The van der Waals surface area contributed by atoms with Gasteiger partial charge in [-0.15, -0.1) is 0 Å². The molecular formula is C29H34ClN7O2. The van der Waals surface area contributed by atoms with E-state index in [2.05, 4.69) is 49.5 Å². The van der Waals surface area contributed by atoms with Crippen LogP contribution in [0.3, 0.4) is 0 Å². The number of halogens is 1. The summed E-state index contributed by atoms with van der Waals surface area (Å²) in [4.78, 5) is 36.7. The van der Waals surface area contributed by atoms with E-state index in [1.807, 2.05) is 18.2 Å². The predicted molar refractivity (Wildman–Crippen MR) is 153 cm³/mol. The smallest absolute Gasteiger partial charge is 0.317 e. The summed E-state index contributed by atoms with van der Waals surface area (Å²) in [5.74, 6) is 1.10. The number of carbonyl (C=O) groups is 2. The van der Waals surface area contributed by atoms with Crippen LogP contribution in [-0.4, -0.2) is 45.9 Å². The zero-order valence-electron chi connectivity index (χ0n) is 21.9. The summed E-state index contributed by atoms with van der Waals surface area (Å²) >= 11 is 6.39. The van der Waals surface area contributed by atoms with E-state index in [0.717, 1.165) is 54.7 Å².